The van der Waals surface area contributed by atoms with Crippen molar-refractivity contribution < 1.29 is 9.47 Å². The maximum absolute atomic E-state index is 5.64. The van der Waals surface area contributed by atoms with Crippen molar-refractivity contribution in [2.24, 2.45) is 5.92 Å². The van der Waals surface area contributed by atoms with Gasteiger partial charge in [0.1, 0.15) is 13.0 Å². The van der Waals surface area contributed by atoms with Crippen LogP contribution in [0.5, 0.6) is 0 Å². The van der Waals surface area contributed by atoms with E-state index in [0.29, 0.717) is 18.8 Å². The van der Waals surface area contributed by atoms with Crippen molar-refractivity contribution >= 4 is 0 Å². The Morgan fingerprint density at radius 2 is 2.21 bits per heavy atom. The van der Waals surface area contributed by atoms with E-state index in [0.717, 1.165) is 13.2 Å². The lowest BCUT2D eigenvalue weighted by Crippen LogP contribution is -2.58. The summed E-state index contributed by atoms with van der Waals surface area (Å²) in [5.74, 6) is 0.441. The minimum atomic E-state index is 0.180. The van der Waals surface area contributed by atoms with Gasteiger partial charge in [0.05, 0.1) is 6.61 Å². The SMILES string of the molecule is CC1COCOC1N1NCCCC1C. The Kier molecular flexibility index (Phi) is 3.38. The van der Waals surface area contributed by atoms with Gasteiger partial charge in [0.15, 0.2) is 0 Å². The third-order valence-electron chi connectivity index (χ3n) is 3.03. The summed E-state index contributed by atoms with van der Waals surface area (Å²) in [5, 5.41) is 2.26. The smallest absolute Gasteiger partial charge is 0.148 e. The second-order valence-electron chi connectivity index (χ2n) is 4.33. The fourth-order valence-corrected chi connectivity index (χ4v) is 2.19. The number of hydrogen-bond donors (Lipinski definition) is 1. The third-order valence-corrected chi connectivity index (χ3v) is 3.03. The van der Waals surface area contributed by atoms with Crippen molar-refractivity contribution in [3.8, 4) is 0 Å². The van der Waals surface area contributed by atoms with E-state index in [4.69, 9.17) is 9.47 Å². The summed E-state index contributed by atoms with van der Waals surface area (Å²) in [6, 6.07) is 0.564. The zero-order valence-corrected chi connectivity index (χ0v) is 9.03. The first-order valence-corrected chi connectivity index (χ1v) is 5.50. The predicted octanol–water partition coefficient (Wildman–Crippen LogP) is 0.942. The van der Waals surface area contributed by atoms with Crippen molar-refractivity contribution in [2.75, 3.05) is 19.9 Å². The fraction of sp³-hybridized carbons (Fsp3) is 1.00. The molecule has 82 valence electrons. The molecule has 3 atom stereocenters. The lowest BCUT2D eigenvalue weighted by Gasteiger charge is -2.43. The number of ether oxygens (including phenoxy) is 2. The van der Waals surface area contributed by atoms with Crippen molar-refractivity contribution in [3.63, 3.8) is 0 Å². The van der Waals surface area contributed by atoms with E-state index in [1.54, 1.807) is 0 Å². The van der Waals surface area contributed by atoms with Gasteiger partial charge in [-0.15, -0.1) is 0 Å². The van der Waals surface area contributed by atoms with Crippen LogP contribution in [0.1, 0.15) is 26.7 Å². The minimum Gasteiger partial charge on any atom is -0.355 e. The van der Waals surface area contributed by atoms with Crippen LogP contribution in [0.25, 0.3) is 0 Å². The first kappa shape index (κ1) is 10.4. The Morgan fingerprint density at radius 3 is 2.93 bits per heavy atom. The molecule has 2 aliphatic heterocycles. The minimum absolute atomic E-state index is 0.180. The molecule has 0 radical (unpaired) electrons. The summed E-state index contributed by atoms with van der Waals surface area (Å²) in [6.07, 6.45) is 2.69. The molecule has 2 saturated heterocycles. The van der Waals surface area contributed by atoms with Gasteiger partial charge in [-0.25, -0.2) is 5.01 Å². The molecular weight excluding hydrogens is 180 g/mol. The van der Waals surface area contributed by atoms with Crippen LogP contribution >= 0.6 is 0 Å². The van der Waals surface area contributed by atoms with Gasteiger partial charge in [-0.05, 0) is 19.8 Å². The predicted molar refractivity (Wildman–Crippen MR) is 53.4 cm³/mol. The van der Waals surface area contributed by atoms with E-state index in [2.05, 4.69) is 24.3 Å². The Bertz CT molecular complexity index is 169. The summed E-state index contributed by atoms with van der Waals surface area (Å²) >= 11 is 0. The van der Waals surface area contributed by atoms with Crippen molar-refractivity contribution in [3.05, 3.63) is 0 Å². The summed E-state index contributed by atoms with van der Waals surface area (Å²) in [5.41, 5.74) is 3.42. The van der Waals surface area contributed by atoms with E-state index in [1.807, 2.05) is 0 Å². The quantitative estimate of drug-likeness (QED) is 0.683. The molecule has 2 aliphatic rings. The van der Waals surface area contributed by atoms with Crippen LogP contribution in [0.4, 0.5) is 0 Å². The molecule has 0 aromatic carbocycles. The monoisotopic (exact) mass is 200 g/mol. The summed E-state index contributed by atoms with van der Waals surface area (Å²) < 4.78 is 10.9. The second kappa shape index (κ2) is 4.57. The number of nitrogens with zero attached hydrogens (tertiary/aromatic N) is 1. The fourth-order valence-electron chi connectivity index (χ4n) is 2.19. The molecule has 0 aromatic rings. The van der Waals surface area contributed by atoms with Gasteiger partial charge in [0, 0.05) is 18.5 Å². The van der Waals surface area contributed by atoms with Crippen molar-refractivity contribution in [1.29, 1.82) is 0 Å². The second-order valence-corrected chi connectivity index (χ2v) is 4.33. The maximum Gasteiger partial charge on any atom is 0.148 e. The lowest BCUT2D eigenvalue weighted by atomic mass is 10.1. The molecule has 0 spiro atoms. The molecule has 0 saturated carbocycles. The van der Waals surface area contributed by atoms with Gasteiger partial charge in [-0.3, -0.25) is 5.43 Å². The molecule has 0 aromatic heterocycles. The molecule has 2 fully saturated rings. The van der Waals surface area contributed by atoms with Crippen LogP contribution in [0.2, 0.25) is 0 Å². The van der Waals surface area contributed by atoms with Crippen LogP contribution in [0, 0.1) is 5.92 Å². The Hall–Kier alpha value is -0.160. The maximum atomic E-state index is 5.64. The molecule has 3 unspecified atom stereocenters. The highest BCUT2D eigenvalue weighted by Gasteiger charge is 2.32. The van der Waals surface area contributed by atoms with E-state index < -0.39 is 0 Å². The molecule has 4 heteroatoms. The normalized spacial score (nSPS) is 41.1. The van der Waals surface area contributed by atoms with E-state index in [1.165, 1.54) is 12.8 Å². The summed E-state index contributed by atoms with van der Waals surface area (Å²) in [7, 11) is 0. The van der Waals surface area contributed by atoms with Gasteiger partial charge in [-0.2, -0.15) is 0 Å². The van der Waals surface area contributed by atoms with Crippen molar-refractivity contribution in [1.82, 2.24) is 10.4 Å². The Labute approximate surface area is 85.5 Å². The zero-order chi connectivity index (χ0) is 9.97. The number of hydrogen-bond acceptors (Lipinski definition) is 4. The summed E-state index contributed by atoms with van der Waals surface area (Å²) in [6.45, 7) is 6.72. The summed E-state index contributed by atoms with van der Waals surface area (Å²) in [4.78, 5) is 0. The van der Waals surface area contributed by atoms with Crippen LogP contribution in [0.15, 0.2) is 0 Å². The average Bonchev–Trinajstić information content (AvgIpc) is 2.20. The molecule has 2 rings (SSSR count). The average molecular weight is 200 g/mol. The molecule has 0 aliphatic carbocycles. The molecular formula is C10H20N2O2. The molecule has 0 bridgehead atoms. The van der Waals surface area contributed by atoms with Gasteiger partial charge in [0.2, 0.25) is 0 Å². The number of nitrogens with one attached hydrogen (secondary N) is 1. The zero-order valence-electron chi connectivity index (χ0n) is 9.03. The first-order valence-electron chi connectivity index (χ1n) is 5.50. The van der Waals surface area contributed by atoms with Gasteiger partial charge >= 0.3 is 0 Å². The lowest BCUT2D eigenvalue weighted by molar-refractivity contribution is -0.236. The standard InChI is InChI=1S/C10H20N2O2/c1-8-6-13-7-14-10(8)12-9(2)4-3-5-11-12/h8-11H,3-7H2,1-2H3. The highest BCUT2D eigenvalue weighted by Crippen LogP contribution is 2.21. The van der Waals surface area contributed by atoms with Gasteiger partial charge < -0.3 is 9.47 Å². The molecule has 2 heterocycles. The van der Waals surface area contributed by atoms with Crippen LogP contribution in [0.3, 0.4) is 0 Å². The van der Waals surface area contributed by atoms with Gasteiger partial charge in [0.25, 0.3) is 0 Å². The van der Waals surface area contributed by atoms with Gasteiger partial charge in [-0.1, -0.05) is 6.92 Å². The van der Waals surface area contributed by atoms with E-state index in [-0.39, 0.29) is 6.23 Å². The first-order chi connectivity index (χ1) is 6.79. The largest absolute Gasteiger partial charge is 0.355 e. The highest BCUT2D eigenvalue weighted by molar-refractivity contribution is 4.76. The highest BCUT2D eigenvalue weighted by atomic mass is 16.7. The third kappa shape index (κ3) is 2.08. The van der Waals surface area contributed by atoms with E-state index >= 15 is 0 Å². The molecule has 1 N–H and O–H groups in total. The Morgan fingerprint density at radius 1 is 1.36 bits per heavy atom. The Balaban J connectivity index is 1.96. The van der Waals surface area contributed by atoms with E-state index in [9.17, 15) is 0 Å². The topological polar surface area (TPSA) is 33.7 Å². The number of hydrazine groups is 1. The molecule has 14 heavy (non-hydrogen) atoms. The van der Waals surface area contributed by atoms with Crippen LogP contribution < -0.4 is 5.43 Å². The van der Waals surface area contributed by atoms with Crippen LogP contribution in [-0.4, -0.2) is 37.2 Å². The van der Waals surface area contributed by atoms with Crippen molar-refractivity contribution in [2.45, 2.75) is 39.0 Å². The number of rotatable bonds is 1. The molecule has 0 amide bonds. The van der Waals surface area contributed by atoms with Crippen LogP contribution in [-0.2, 0) is 9.47 Å². The molecule has 4 nitrogen and oxygen atoms in total.